The molecule has 0 bridgehead atoms. The van der Waals surface area contributed by atoms with Gasteiger partial charge in [0, 0.05) is 6.07 Å². The van der Waals surface area contributed by atoms with Gasteiger partial charge in [0.15, 0.2) is 11.9 Å². The van der Waals surface area contributed by atoms with Gasteiger partial charge in [0.1, 0.15) is 10.6 Å². The maximum Gasteiger partial charge on any atom is 0.349 e. The molecule has 106 valence electrons. The van der Waals surface area contributed by atoms with Crippen LogP contribution in [0.4, 0.5) is 5.82 Å². The molecular weight excluding hydrogens is 304 g/mol. The van der Waals surface area contributed by atoms with E-state index in [9.17, 15) is 9.59 Å². The van der Waals surface area contributed by atoms with Crippen LogP contribution in [0.3, 0.4) is 0 Å². The van der Waals surface area contributed by atoms with Gasteiger partial charge in [-0.15, -0.1) is 11.3 Å². The predicted molar refractivity (Wildman–Crippen MR) is 74.1 cm³/mol. The van der Waals surface area contributed by atoms with Crippen molar-refractivity contribution in [2.75, 3.05) is 5.32 Å². The molecule has 20 heavy (non-hydrogen) atoms. The molecule has 2 aromatic heterocycles. The number of anilines is 1. The maximum atomic E-state index is 11.8. The van der Waals surface area contributed by atoms with E-state index < -0.39 is 18.0 Å². The van der Waals surface area contributed by atoms with E-state index in [0.29, 0.717) is 15.0 Å². The molecule has 0 unspecified atom stereocenters. The number of esters is 1. The topological polar surface area (TPSA) is 81.4 Å². The van der Waals surface area contributed by atoms with E-state index in [1.807, 2.05) is 0 Å². The lowest BCUT2D eigenvalue weighted by molar-refractivity contribution is -0.123. The number of rotatable bonds is 4. The van der Waals surface area contributed by atoms with Crippen LogP contribution in [0.15, 0.2) is 22.7 Å². The minimum atomic E-state index is -0.958. The zero-order valence-electron chi connectivity index (χ0n) is 10.7. The van der Waals surface area contributed by atoms with E-state index in [1.165, 1.54) is 6.92 Å². The fourth-order valence-electron chi connectivity index (χ4n) is 1.35. The second-order valence-electron chi connectivity index (χ2n) is 3.96. The van der Waals surface area contributed by atoms with Gasteiger partial charge in [-0.1, -0.05) is 16.8 Å². The summed E-state index contributed by atoms with van der Waals surface area (Å²) in [6.45, 7) is 3.17. The van der Waals surface area contributed by atoms with E-state index >= 15 is 0 Å². The number of ether oxygens (including phenoxy) is 1. The van der Waals surface area contributed by atoms with Crippen LogP contribution in [0.1, 0.15) is 22.4 Å². The fraction of sp³-hybridized carbons (Fsp3) is 0.250. The molecule has 8 heteroatoms. The van der Waals surface area contributed by atoms with Crippen LogP contribution in [0.5, 0.6) is 0 Å². The van der Waals surface area contributed by atoms with Crippen LogP contribution >= 0.6 is 22.9 Å². The van der Waals surface area contributed by atoms with E-state index in [4.69, 9.17) is 20.9 Å². The summed E-state index contributed by atoms with van der Waals surface area (Å²) in [6.07, 6.45) is -0.958. The first-order valence-corrected chi connectivity index (χ1v) is 6.85. The molecular formula is C12H11ClN2O4S. The summed E-state index contributed by atoms with van der Waals surface area (Å²) in [5, 5.41) is 6.10. The monoisotopic (exact) mass is 314 g/mol. The number of aromatic nitrogens is 1. The van der Waals surface area contributed by atoms with Gasteiger partial charge in [-0.25, -0.2) is 4.79 Å². The van der Waals surface area contributed by atoms with Gasteiger partial charge in [-0.2, -0.15) is 0 Å². The number of hydrogen-bond donors (Lipinski definition) is 1. The summed E-state index contributed by atoms with van der Waals surface area (Å²) in [7, 11) is 0. The number of carbonyl (C=O) groups excluding carboxylic acids is 2. The maximum absolute atomic E-state index is 11.8. The Kier molecular flexibility index (Phi) is 4.41. The number of amides is 1. The summed E-state index contributed by atoms with van der Waals surface area (Å²) in [4.78, 5) is 23.9. The second kappa shape index (κ2) is 6.06. The lowest BCUT2D eigenvalue weighted by Gasteiger charge is -2.11. The molecule has 0 radical (unpaired) electrons. The Balaban J connectivity index is 1.92. The van der Waals surface area contributed by atoms with Gasteiger partial charge in [-0.3, -0.25) is 4.79 Å². The van der Waals surface area contributed by atoms with Gasteiger partial charge < -0.3 is 14.6 Å². The van der Waals surface area contributed by atoms with Crippen LogP contribution in [-0.4, -0.2) is 23.1 Å². The number of aryl methyl sites for hydroxylation is 1. The zero-order valence-corrected chi connectivity index (χ0v) is 12.2. The van der Waals surface area contributed by atoms with Crippen LogP contribution < -0.4 is 5.32 Å². The normalized spacial score (nSPS) is 11.9. The Labute approximate surface area is 123 Å². The molecule has 2 heterocycles. The number of nitrogens with one attached hydrogen (secondary N) is 1. The van der Waals surface area contributed by atoms with Crippen LogP contribution in [0.25, 0.3) is 0 Å². The number of halogens is 1. The molecule has 2 rings (SSSR count). The Hall–Kier alpha value is -1.86. The molecule has 0 fully saturated rings. The molecule has 0 aliphatic rings. The first-order chi connectivity index (χ1) is 9.45. The lowest BCUT2D eigenvalue weighted by atomic mass is 10.3. The second-order valence-corrected chi connectivity index (χ2v) is 5.68. The quantitative estimate of drug-likeness (QED) is 0.877. The van der Waals surface area contributed by atoms with E-state index in [2.05, 4.69) is 10.5 Å². The first-order valence-electron chi connectivity index (χ1n) is 5.66. The smallest absolute Gasteiger partial charge is 0.349 e. The third kappa shape index (κ3) is 3.58. The van der Waals surface area contributed by atoms with Crippen molar-refractivity contribution in [3.63, 3.8) is 0 Å². The number of carbonyl (C=O) groups is 2. The van der Waals surface area contributed by atoms with E-state index in [-0.39, 0.29) is 5.82 Å². The van der Waals surface area contributed by atoms with Crippen LogP contribution in [0, 0.1) is 6.92 Å². The average molecular weight is 315 g/mol. The number of nitrogens with zero attached hydrogens (tertiary/aromatic N) is 1. The standard InChI is InChI=1S/C12H11ClN2O4S/c1-6-5-10(15-19-6)14-11(16)7(2)18-12(17)8-3-4-9(13)20-8/h3-5,7H,1-2H3,(H,14,15,16)/t7-/m0/s1. The van der Waals surface area contributed by atoms with E-state index in [1.54, 1.807) is 25.1 Å². The van der Waals surface area contributed by atoms with Gasteiger partial charge in [0.2, 0.25) is 0 Å². The minimum absolute atomic E-state index is 0.273. The molecule has 2 aromatic rings. The Bertz CT molecular complexity index is 637. The highest BCUT2D eigenvalue weighted by molar-refractivity contribution is 7.17. The van der Waals surface area contributed by atoms with Gasteiger partial charge >= 0.3 is 5.97 Å². The molecule has 0 aliphatic heterocycles. The molecule has 0 saturated carbocycles. The molecule has 0 aromatic carbocycles. The molecule has 0 spiro atoms. The Morgan fingerprint density at radius 1 is 1.50 bits per heavy atom. The molecule has 0 aliphatic carbocycles. The molecule has 6 nitrogen and oxygen atoms in total. The lowest BCUT2D eigenvalue weighted by Crippen LogP contribution is -2.29. The number of hydrogen-bond acceptors (Lipinski definition) is 6. The summed E-state index contributed by atoms with van der Waals surface area (Å²) >= 11 is 6.81. The van der Waals surface area contributed by atoms with Gasteiger partial charge in [0.05, 0.1) is 4.34 Å². The van der Waals surface area contributed by atoms with Crippen molar-refractivity contribution < 1.29 is 18.8 Å². The number of thiophene rings is 1. The van der Waals surface area contributed by atoms with Gasteiger partial charge in [-0.05, 0) is 26.0 Å². The van der Waals surface area contributed by atoms with Crippen LogP contribution in [-0.2, 0) is 9.53 Å². The predicted octanol–water partition coefficient (Wildman–Crippen LogP) is 2.88. The highest BCUT2D eigenvalue weighted by atomic mass is 35.5. The Morgan fingerprint density at radius 3 is 2.80 bits per heavy atom. The van der Waals surface area contributed by atoms with Crippen molar-refractivity contribution >= 4 is 40.6 Å². The third-order valence-corrected chi connectivity index (χ3v) is 3.52. The molecule has 1 amide bonds. The average Bonchev–Trinajstić information content (AvgIpc) is 2.98. The van der Waals surface area contributed by atoms with Crippen molar-refractivity contribution in [2.24, 2.45) is 0 Å². The molecule has 0 saturated heterocycles. The zero-order chi connectivity index (χ0) is 14.7. The van der Waals surface area contributed by atoms with Crippen molar-refractivity contribution in [2.45, 2.75) is 20.0 Å². The van der Waals surface area contributed by atoms with Gasteiger partial charge in [0.25, 0.3) is 5.91 Å². The van der Waals surface area contributed by atoms with Crippen molar-refractivity contribution in [1.29, 1.82) is 0 Å². The SMILES string of the molecule is Cc1cc(NC(=O)[C@H](C)OC(=O)c2ccc(Cl)s2)no1. The highest BCUT2D eigenvalue weighted by Crippen LogP contribution is 2.22. The summed E-state index contributed by atoms with van der Waals surface area (Å²) < 4.78 is 10.3. The largest absolute Gasteiger partial charge is 0.448 e. The third-order valence-electron chi connectivity index (χ3n) is 2.31. The molecule has 1 atom stereocenters. The minimum Gasteiger partial charge on any atom is -0.448 e. The van der Waals surface area contributed by atoms with Crippen molar-refractivity contribution in [1.82, 2.24) is 5.16 Å². The summed E-state index contributed by atoms with van der Waals surface area (Å²) in [6, 6.07) is 4.69. The Morgan fingerprint density at radius 2 is 2.25 bits per heavy atom. The van der Waals surface area contributed by atoms with E-state index in [0.717, 1.165) is 11.3 Å². The highest BCUT2D eigenvalue weighted by Gasteiger charge is 2.20. The van der Waals surface area contributed by atoms with Crippen molar-refractivity contribution in [3.05, 3.63) is 33.2 Å². The summed E-state index contributed by atoms with van der Waals surface area (Å²) in [5.74, 6) is -0.247. The van der Waals surface area contributed by atoms with Crippen LogP contribution in [0.2, 0.25) is 4.34 Å². The van der Waals surface area contributed by atoms with Crippen molar-refractivity contribution in [3.8, 4) is 0 Å². The summed E-state index contributed by atoms with van der Waals surface area (Å²) in [5.41, 5.74) is 0. The first kappa shape index (κ1) is 14.5. The molecule has 1 N–H and O–H groups in total. The fourth-order valence-corrected chi connectivity index (χ4v) is 2.28.